The molecule has 1 aromatic heterocycles. The molecule has 0 atom stereocenters. The third kappa shape index (κ3) is 2.67. The topological polar surface area (TPSA) is 37.3 Å². The number of carboxylic acid groups (broad SMARTS) is 1. The Morgan fingerprint density at radius 2 is 2.14 bits per heavy atom. The first-order valence-corrected chi connectivity index (χ1v) is 7.79. The van der Waals surface area contributed by atoms with Gasteiger partial charge in [-0.25, -0.2) is 0 Å². The highest BCUT2D eigenvalue weighted by molar-refractivity contribution is 7.10. The van der Waals surface area contributed by atoms with Gasteiger partial charge in [-0.15, -0.1) is 11.3 Å². The first-order valence-electron chi connectivity index (χ1n) is 6.53. The van der Waals surface area contributed by atoms with E-state index < -0.39 is 5.97 Å². The highest BCUT2D eigenvalue weighted by atomic mass is 35.5. The number of fused-ring (bicyclic) bond motifs is 1. The van der Waals surface area contributed by atoms with Gasteiger partial charge >= 0.3 is 5.97 Å². The molecule has 0 spiro atoms. The zero-order valence-electron chi connectivity index (χ0n) is 11.4. The molecule has 1 N–H and O–H groups in total. The summed E-state index contributed by atoms with van der Waals surface area (Å²) in [6.45, 7) is 1.98. The molecule has 0 bridgehead atoms. The van der Waals surface area contributed by atoms with Gasteiger partial charge in [0.15, 0.2) is 0 Å². The Kier molecular flexibility index (Phi) is 3.70. The molecule has 1 heterocycles. The molecular weight excluding hydrogens is 304 g/mol. The molecule has 3 rings (SSSR count). The zero-order chi connectivity index (χ0) is 15.0. The summed E-state index contributed by atoms with van der Waals surface area (Å²) in [4.78, 5) is 12.3. The summed E-state index contributed by atoms with van der Waals surface area (Å²) in [5.41, 5.74) is 4.94. The normalized spacial score (nSPS) is 15.6. The fraction of sp³-hybridized carbons (Fsp3) is 0.118. The molecule has 106 valence electrons. The average Bonchev–Trinajstić information content (AvgIpc) is 3.01. The minimum Gasteiger partial charge on any atom is -0.481 e. The predicted octanol–water partition coefficient (Wildman–Crippen LogP) is 5.20. The van der Waals surface area contributed by atoms with Crippen LogP contribution in [0.1, 0.15) is 29.3 Å². The predicted molar refractivity (Wildman–Crippen MR) is 88.5 cm³/mol. The maximum absolute atomic E-state index is 11.1. The Labute approximate surface area is 132 Å². The second kappa shape index (κ2) is 5.51. The molecule has 0 saturated heterocycles. The van der Waals surface area contributed by atoms with Crippen molar-refractivity contribution in [3.8, 4) is 0 Å². The van der Waals surface area contributed by atoms with E-state index >= 15 is 0 Å². The van der Waals surface area contributed by atoms with E-state index in [1.54, 1.807) is 11.3 Å². The molecule has 0 radical (unpaired) electrons. The fourth-order valence-corrected chi connectivity index (χ4v) is 3.48. The summed E-state index contributed by atoms with van der Waals surface area (Å²) in [7, 11) is 0. The molecular formula is C17H13ClO2S. The van der Waals surface area contributed by atoms with Crippen LogP contribution in [0.25, 0.3) is 17.2 Å². The molecule has 0 amide bonds. The number of rotatable bonds is 3. The van der Waals surface area contributed by atoms with Gasteiger partial charge in [-0.05, 0) is 64.4 Å². The van der Waals surface area contributed by atoms with Crippen LogP contribution in [-0.2, 0) is 4.79 Å². The maximum Gasteiger partial charge on any atom is 0.307 e. The number of carbonyl (C=O) groups is 1. The Morgan fingerprint density at radius 1 is 1.33 bits per heavy atom. The van der Waals surface area contributed by atoms with Gasteiger partial charge in [0.1, 0.15) is 0 Å². The quantitative estimate of drug-likeness (QED) is 0.844. The average molecular weight is 317 g/mol. The Balaban J connectivity index is 2.18. The van der Waals surface area contributed by atoms with Crippen molar-refractivity contribution in [3.05, 3.63) is 62.3 Å². The number of aliphatic carboxylic acids is 1. The highest BCUT2D eigenvalue weighted by Crippen LogP contribution is 2.44. The van der Waals surface area contributed by atoms with Crippen molar-refractivity contribution in [2.75, 3.05) is 0 Å². The summed E-state index contributed by atoms with van der Waals surface area (Å²) in [5, 5.41) is 11.8. The van der Waals surface area contributed by atoms with Crippen LogP contribution in [0.3, 0.4) is 0 Å². The molecule has 0 unspecified atom stereocenters. The van der Waals surface area contributed by atoms with Crippen LogP contribution in [-0.4, -0.2) is 11.1 Å². The number of thiophene rings is 1. The molecule has 2 aromatic rings. The van der Waals surface area contributed by atoms with Gasteiger partial charge in [-0.3, -0.25) is 4.79 Å². The summed E-state index contributed by atoms with van der Waals surface area (Å²) in [5.74, 6) is -0.826. The van der Waals surface area contributed by atoms with Gasteiger partial charge < -0.3 is 5.11 Å². The van der Waals surface area contributed by atoms with Gasteiger partial charge in [0.2, 0.25) is 0 Å². The van der Waals surface area contributed by atoms with Crippen molar-refractivity contribution < 1.29 is 9.90 Å². The van der Waals surface area contributed by atoms with Gasteiger partial charge in [-0.2, -0.15) is 0 Å². The molecule has 4 heteroatoms. The zero-order valence-corrected chi connectivity index (χ0v) is 13.0. The minimum absolute atomic E-state index is 0.0148. The Bertz CT molecular complexity index is 770. The largest absolute Gasteiger partial charge is 0.481 e. The first-order chi connectivity index (χ1) is 10.1. The van der Waals surface area contributed by atoms with Crippen molar-refractivity contribution in [1.29, 1.82) is 0 Å². The van der Waals surface area contributed by atoms with Crippen molar-refractivity contribution in [1.82, 2.24) is 0 Å². The molecule has 0 saturated carbocycles. The maximum atomic E-state index is 11.1. The van der Waals surface area contributed by atoms with Gasteiger partial charge in [0.25, 0.3) is 0 Å². The van der Waals surface area contributed by atoms with E-state index in [4.69, 9.17) is 16.7 Å². The lowest BCUT2D eigenvalue weighted by Crippen LogP contribution is -1.96. The van der Waals surface area contributed by atoms with E-state index in [-0.39, 0.29) is 6.42 Å². The highest BCUT2D eigenvalue weighted by Gasteiger charge is 2.25. The molecule has 21 heavy (non-hydrogen) atoms. The second-order valence-corrected chi connectivity index (χ2v) is 6.35. The molecule has 0 aliphatic heterocycles. The summed E-state index contributed by atoms with van der Waals surface area (Å²) < 4.78 is 0. The SMILES string of the molecule is CC1=C(CC(=O)O)c2cc(Cl)ccc2/C1=C\c1cccs1. The lowest BCUT2D eigenvalue weighted by molar-refractivity contribution is -0.135. The van der Waals surface area contributed by atoms with Crippen molar-refractivity contribution in [3.63, 3.8) is 0 Å². The smallest absolute Gasteiger partial charge is 0.307 e. The van der Waals surface area contributed by atoms with Gasteiger partial charge in [-0.1, -0.05) is 23.7 Å². The molecule has 1 aliphatic rings. The fourth-order valence-electron chi connectivity index (χ4n) is 2.65. The van der Waals surface area contributed by atoms with E-state index in [9.17, 15) is 4.79 Å². The number of hydrogen-bond acceptors (Lipinski definition) is 2. The van der Waals surface area contributed by atoms with Crippen LogP contribution in [0, 0.1) is 0 Å². The van der Waals surface area contributed by atoms with E-state index in [1.807, 2.05) is 36.6 Å². The number of halogens is 1. The van der Waals surface area contributed by atoms with Crippen molar-refractivity contribution in [2.45, 2.75) is 13.3 Å². The van der Waals surface area contributed by atoms with E-state index in [0.717, 1.165) is 32.7 Å². The van der Waals surface area contributed by atoms with Crippen LogP contribution < -0.4 is 0 Å². The van der Waals surface area contributed by atoms with Crippen molar-refractivity contribution in [2.24, 2.45) is 0 Å². The number of hydrogen-bond donors (Lipinski definition) is 1. The van der Waals surface area contributed by atoms with Crippen LogP contribution in [0.4, 0.5) is 0 Å². The standard InChI is InChI=1S/C17H13ClO2S/c1-10-14(8-12-3-2-6-21-12)13-5-4-11(18)7-16(13)15(10)9-17(19)20/h2-8H,9H2,1H3,(H,19,20)/b14-8-. The van der Waals surface area contributed by atoms with E-state index in [2.05, 4.69) is 12.1 Å². The Hall–Kier alpha value is -1.84. The van der Waals surface area contributed by atoms with Crippen LogP contribution in [0.2, 0.25) is 5.02 Å². The molecule has 2 nitrogen and oxygen atoms in total. The van der Waals surface area contributed by atoms with E-state index in [0.29, 0.717) is 5.02 Å². The van der Waals surface area contributed by atoms with Gasteiger partial charge in [0.05, 0.1) is 6.42 Å². The first kappa shape index (κ1) is 14.1. The van der Waals surface area contributed by atoms with Crippen molar-refractivity contribution >= 4 is 46.1 Å². The lowest BCUT2D eigenvalue weighted by Gasteiger charge is -2.04. The molecule has 1 aliphatic carbocycles. The van der Waals surface area contributed by atoms with Gasteiger partial charge in [0, 0.05) is 9.90 Å². The van der Waals surface area contributed by atoms with Crippen LogP contribution in [0.5, 0.6) is 0 Å². The third-order valence-electron chi connectivity index (χ3n) is 3.61. The second-order valence-electron chi connectivity index (χ2n) is 4.94. The molecule has 0 fully saturated rings. The number of benzene rings is 1. The lowest BCUT2D eigenvalue weighted by atomic mass is 10.0. The minimum atomic E-state index is -0.826. The van der Waals surface area contributed by atoms with E-state index in [1.165, 1.54) is 0 Å². The number of carboxylic acids is 1. The summed E-state index contributed by atoms with van der Waals surface area (Å²) in [6, 6.07) is 9.73. The van der Waals surface area contributed by atoms with Crippen LogP contribution >= 0.6 is 22.9 Å². The Morgan fingerprint density at radius 3 is 2.81 bits per heavy atom. The summed E-state index contributed by atoms with van der Waals surface area (Å²) >= 11 is 7.74. The molecule has 1 aromatic carbocycles. The third-order valence-corrected chi connectivity index (χ3v) is 4.67. The monoisotopic (exact) mass is 316 g/mol. The summed E-state index contributed by atoms with van der Waals surface area (Å²) in [6.07, 6.45) is 2.13. The number of allylic oxidation sites excluding steroid dienone is 2. The van der Waals surface area contributed by atoms with Crippen LogP contribution in [0.15, 0.2) is 41.3 Å².